The van der Waals surface area contributed by atoms with Crippen molar-refractivity contribution >= 4 is 5.91 Å². The molecule has 0 aromatic rings. The lowest BCUT2D eigenvalue weighted by Gasteiger charge is -2.46. The van der Waals surface area contributed by atoms with Crippen LogP contribution < -0.4 is 5.32 Å². The number of aliphatic hydroxyl groups excluding tert-OH is 8. The summed E-state index contributed by atoms with van der Waals surface area (Å²) in [6.07, 6.45) is 37.1. The lowest BCUT2D eigenvalue weighted by molar-refractivity contribution is -0.359. The second-order valence-electron chi connectivity index (χ2n) is 19.7. The molecule has 71 heavy (non-hydrogen) atoms. The molecule has 412 valence electrons. The van der Waals surface area contributed by atoms with Gasteiger partial charge < -0.3 is 65.1 Å². The second-order valence-corrected chi connectivity index (χ2v) is 19.7. The van der Waals surface area contributed by atoms with E-state index in [1.165, 1.54) is 116 Å². The van der Waals surface area contributed by atoms with Gasteiger partial charge in [-0.05, 0) is 70.6 Å². The van der Waals surface area contributed by atoms with Crippen molar-refractivity contribution in [3.8, 4) is 0 Å². The lowest BCUT2D eigenvalue weighted by atomic mass is 9.97. The fourth-order valence-electron chi connectivity index (χ4n) is 8.84. The number of amides is 1. The largest absolute Gasteiger partial charge is 0.394 e. The molecule has 2 saturated heterocycles. The SMILES string of the molecule is CCCCCC/C=C/CC/C=C/C(O)C(COC1OC(CO)C(OC2OC(CO)C(O)C(O)C2O)C(O)C1O)NC(=O)CCCCCCCCCCCCCC/C=C\C/C=C\C/C=C\CCCCCCC. The predicted octanol–water partition coefficient (Wildman–Crippen LogP) is 8.61. The number of ether oxygens (including phenoxy) is 4. The zero-order valence-electron chi connectivity index (χ0n) is 43.9. The molecule has 2 fully saturated rings. The van der Waals surface area contributed by atoms with Gasteiger partial charge in [-0.1, -0.05) is 184 Å². The first-order valence-electron chi connectivity index (χ1n) is 28.0. The van der Waals surface area contributed by atoms with E-state index in [4.69, 9.17) is 18.9 Å². The molecule has 0 spiro atoms. The molecule has 2 rings (SSSR count). The van der Waals surface area contributed by atoms with E-state index in [-0.39, 0.29) is 18.9 Å². The number of rotatable bonds is 43. The zero-order chi connectivity index (χ0) is 51.7. The maximum absolute atomic E-state index is 13.2. The van der Waals surface area contributed by atoms with Crippen LogP contribution in [0.1, 0.15) is 200 Å². The van der Waals surface area contributed by atoms with E-state index in [2.05, 4.69) is 67.8 Å². The highest BCUT2D eigenvalue weighted by Crippen LogP contribution is 2.30. The fourth-order valence-corrected chi connectivity index (χ4v) is 8.84. The third-order valence-electron chi connectivity index (χ3n) is 13.4. The Kier molecular flexibility index (Phi) is 39.2. The number of hydrogen-bond acceptors (Lipinski definition) is 13. The first kappa shape index (κ1) is 64.8. The Morgan fingerprint density at radius 2 is 0.944 bits per heavy atom. The van der Waals surface area contributed by atoms with Crippen LogP contribution in [0.25, 0.3) is 0 Å². The van der Waals surface area contributed by atoms with Crippen molar-refractivity contribution in [2.45, 2.75) is 274 Å². The summed E-state index contributed by atoms with van der Waals surface area (Å²) < 4.78 is 22.7. The molecule has 9 N–H and O–H groups in total. The Bertz CT molecular complexity index is 1420. The van der Waals surface area contributed by atoms with Crippen LogP contribution in [0.2, 0.25) is 0 Å². The molecule has 0 bridgehead atoms. The molecule has 0 radical (unpaired) electrons. The molecular weight excluding hydrogens is 907 g/mol. The van der Waals surface area contributed by atoms with E-state index in [0.717, 1.165) is 51.4 Å². The van der Waals surface area contributed by atoms with Gasteiger partial charge in [-0.15, -0.1) is 0 Å². The Morgan fingerprint density at radius 3 is 1.49 bits per heavy atom. The van der Waals surface area contributed by atoms with E-state index in [1.807, 2.05) is 6.08 Å². The molecule has 1 amide bonds. The predicted molar refractivity (Wildman–Crippen MR) is 281 cm³/mol. The third-order valence-corrected chi connectivity index (χ3v) is 13.4. The quantitative estimate of drug-likeness (QED) is 0.0206. The maximum Gasteiger partial charge on any atom is 0.220 e. The molecule has 14 heteroatoms. The van der Waals surface area contributed by atoms with Crippen molar-refractivity contribution in [1.29, 1.82) is 0 Å². The number of hydrogen-bond donors (Lipinski definition) is 9. The summed E-state index contributed by atoms with van der Waals surface area (Å²) in [5.41, 5.74) is 0. The first-order chi connectivity index (χ1) is 34.6. The second kappa shape index (κ2) is 43.0. The van der Waals surface area contributed by atoms with Crippen LogP contribution in [0.3, 0.4) is 0 Å². The fraction of sp³-hybridized carbons (Fsp3) is 0.807. The molecule has 12 unspecified atom stereocenters. The topological polar surface area (TPSA) is 228 Å². The van der Waals surface area contributed by atoms with Crippen molar-refractivity contribution in [1.82, 2.24) is 5.32 Å². The van der Waals surface area contributed by atoms with Crippen molar-refractivity contribution < 1.29 is 64.6 Å². The van der Waals surface area contributed by atoms with Gasteiger partial charge in [-0.3, -0.25) is 4.79 Å². The van der Waals surface area contributed by atoms with Gasteiger partial charge in [-0.2, -0.15) is 0 Å². The molecule has 0 aromatic carbocycles. The minimum absolute atomic E-state index is 0.256. The molecule has 14 nitrogen and oxygen atoms in total. The molecule has 0 aliphatic carbocycles. The third kappa shape index (κ3) is 29.4. The Labute approximate surface area is 428 Å². The van der Waals surface area contributed by atoms with Crippen LogP contribution in [0, 0.1) is 0 Å². The zero-order valence-corrected chi connectivity index (χ0v) is 43.9. The standard InChI is InChI=1S/C57H101NO13/c1-3-5-7-9-11-13-15-16-17-18-19-20-21-22-23-24-25-26-27-28-29-30-31-33-35-37-39-41-49(62)58-45(46(61)40-38-36-34-32-14-12-10-8-6-4-2)44-68-56-54(67)52(65)55(48(43-60)70-56)71-57-53(66)51(64)50(63)47(42-59)69-57/h14-16,18-19,21-22,32,38,40,45-48,50-57,59-61,63-67H,3-13,17,20,23-31,33-37,39,41-44H2,1-2H3,(H,58,62)/b16-15-,19-18-,22-21-,32-14+,40-38+. The number of allylic oxidation sites excluding steroid dienone is 9. The average Bonchev–Trinajstić information content (AvgIpc) is 3.37. The van der Waals surface area contributed by atoms with Crippen molar-refractivity contribution in [3.63, 3.8) is 0 Å². The number of nitrogens with one attached hydrogen (secondary N) is 1. The molecule has 0 aromatic heterocycles. The highest BCUT2D eigenvalue weighted by atomic mass is 16.7. The summed E-state index contributed by atoms with van der Waals surface area (Å²) in [7, 11) is 0. The first-order valence-corrected chi connectivity index (χ1v) is 28.0. The molecule has 2 aliphatic heterocycles. The van der Waals surface area contributed by atoms with Crippen LogP contribution >= 0.6 is 0 Å². The summed E-state index contributed by atoms with van der Waals surface area (Å²) in [4.78, 5) is 13.2. The molecule has 0 saturated carbocycles. The Balaban J connectivity index is 1.71. The van der Waals surface area contributed by atoms with Crippen molar-refractivity contribution in [2.75, 3.05) is 19.8 Å². The molecule has 2 aliphatic rings. The van der Waals surface area contributed by atoms with Crippen LogP contribution in [-0.2, 0) is 23.7 Å². The lowest BCUT2D eigenvalue weighted by Crippen LogP contribution is -2.65. The molecular formula is C57H101NO13. The minimum Gasteiger partial charge on any atom is -0.394 e. The van der Waals surface area contributed by atoms with E-state index in [1.54, 1.807) is 6.08 Å². The van der Waals surface area contributed by atoms with Crippen LogP contribution in [0.15, 0.2) is 60.8 Å². The molecule has 2 heterocycles. The van der Waals surface area contributed by atoms with Gasteiger partial charge in [-0.25, -0.2) is 0 Å². The highest BCUT2D eigenvalue weighted by Gasteiger charge is 2.51. The Hall–Kier alpha value is -2.31. The average molecular weight is 1010 g/mol. The summed E-state index contributed by atoms with van der Waals surface area (Å²) in [5, 5.41) is 86.7. The van der Waals surface area contributed by atoms with Gasteiger partial charge in [0, 0.05) is 6.42 Å². The normalized spacial score (nSPS) is 26.2. The number of carbonyl (C=O) groups excluding carboxylic acids is 1. The van der Waals surface area contributed by atoms with Gasteiger partial charge in [0.1, 0.15) is 48.8 Å². The monoisotopic (exact) mass is 1010 g/mol. The summed E-state index contributed by atoms with van der Waals surface area (Å²) in [6, 6.07) is -0.932. The number of carbonyl (C=O) groups is 1. The smallest absolute Gasteiger partial charge is 0.220 e. The molecule has 12 atom stereocenters. The van der Waals surface area contributed by atoms with Crippen molar-refractivity contribution in [3.05, 3.63) is 60.8 Å². The van der Waals surface area contributed by atoms with E-state index < -0.39 is 86.8 Å². The van der Waals surface area contributed by atoms with E-state index in [0.29, 0.717) is 12.8 Å². The van der Waals surface area contributed by atoms with Crippen LogP contribution in [-0.4, -0.2) is 140 Å². The summed E-state index contributed by atoms with van der Waals surface area (Å²) in [5.74, 6) is -0.256. The van der Waals surface area contributed by atoms with Gasteiger partial charge in [0.05, 0.1) is 32.0 Å². The maximum atomic E-state index is 13.2. The van der Waals surface area contributed by atoms with Crippen molar-refractivity contribution in [2.24, 2.45) is 0 Å². The highest BCUT2D eigenvalue weighted by molar-refractivity contribution is 5.76. The number of unbranched alkanes of at least 4 members (excludes halogenated alkanes) is 22. The Morgan fingerprint density at radius 1 is 0.507 bits per heavy atom. The summed E-state index contributed by atoms with van der Waals surface area (Å²) >= 11 is 0. The van der Waals surface area contributed by atoms with E-state index >= 15 is 0 Å². The van der Waals surface area contributed by atoms with Gasteiger partial charge in [0.25, 0.3) is 0 Å². The minimum atomic E-state index is -1.79. The number of aliphatic hydroxyl groups is 8. The van der Waals surface area contributed by atoms with Gasteiger partial charge in [0.15, 0.2) is 12.6 Å². The van der Waals surface area contributed by atoms with Crippen LogP contribution in [0.4, 0.5) is 0 Å². The van der Waals surface area contributed by atoms with Gasteiger partial charge >= 0.3 is 0 Å². The van der Waals surface area contributed by atoms with Crippen LogP contribution in [0.5, 0.6) is 0 Å². The summed E-state index contributed by atoms with van der Waals surface area (Å²) in [6.45, 7) is 2.71. The van der Waals surface area contributed by atoms with Gasteiger partial charge in [0.2, 0.25) is 5.91 Å². The van der Waals surface area contributed by atoms with E-state index in [9.17, 15) is 45.6 Å².